The largest absolute Gasteiger partial charge is 0.439 e. The fourth-order valence-corrected chi connectivity index (χ4v) is 3.98. The monoisotopic (exact) mass is 461 g/mol. The lowest BCUT2D eigenvalue weighted by Crippen LogP contribution is -2.30. The van der Waals surface area contributed by atoms with Gasteiger partial charge in [-0.3, -0.25) is 14.1 Å². The van der Waals surface area contributed by atoms with E-state index in [2.05, 4.69) is 47.5 Å². The van der Waals surface area contributed by atoms with Crippen LogP contribution in [-0.4, -0.2) is 24.5 Å². The summed E-state index contributed by atoms with van der Waals surface area (Å²) in [4.78, 5) is 27.2. The summed E-state index contributed by atoms with van der Waals surface area (Å²) in [5.74, 6) is 0.639. The van der Waals surface area contributed by atoms with Crippen molar-refractivity contribution in [2.45, 2.75) is 60.0 Å². The van der Waals surface area contributed by atoms with E-state index in [0.29, 0.717) is 18.9 Å². The van der Waals surface area contributed by atoms with Gasteiger partial charge < -0.3 is 0 Å². The van der Waals surface area contributed by atoms with Crippen LogP contribution < -0.4 is 11.4 Å². The Bertz CT molecular complexity index is 1370. The summed E-state index contributed by atoms with van der Waals surface area (Å²) >= 11 is 0. The van der Waals surface area contributed by atoms with E-state index in [1.54, 1.807) is 9.25 Å². The molecule has 0 saturated heterocycles. The Morgan fingerprint density at radius 2 is 1.71 bits per heavy atom. The molecule has 2 aromatic heterocycles. The van der Waals surface area contributed by atoms with E-state index < -0.39 is 5.76 Å². The Hall–Kier alpha value is -3.68. The van der Waals surface area contributed by atoms with Gasteiger partial charge in [-0.25, -0.2) is 14.3 Å². The molecule has 34 heavy (non-hydrogen) atoms. The predicted molar refractivity (Wildman–Crippen MR) is 132 cm³/mol. The summed E-state index contributed by atoms with van der Waals surface area (Å²) in [5, 5.41) is 8.49. The number of aromatic nitrogens is 5. The molecular formula is C26H31N5O3. The zero-order valence-electron chi connectivity index (χ0n) is 20.2. The van der Waals surface area contributed by atoms with Crippen LogP contribution in [0.15, 0.2) is 62.6 Å². The molecule has 0 unspecified atom stereocenters. The predicted octanol–water partition coefficient (Wildman–Crippen LogP) is 4.49. The highest BCUT2D eigenvalue weighted by molar-refractivity contribution is 5.80. The van der Waals surface area contributed by atoms with E-state index in [1.165, 1.54) is 0 Å². The molecule has 2 heterocycles. The molecule has 0 atom stereocenters. The van der Waals surface area contributed by atoms with Crippen molar-refractivity contribution in [3.63, 3.8) is 0 Å². The SMILES string of the molecule is CCCCc1nn(CC(C)(C)C)c(=O)n1Cc1ccc(-c2ccccc2-c2noc(=O)[nH]2)cc1. The Kier molecular flexibility index (Phi) is 6.68. The molecule has 4 aromatic rings. The smallest absolute Gasteiger partial charge is 0.296 e. The highest BCUT2D eigenvalue weighted by atomic mass is 16.5. The third kappa shape index (κ3) is 5.27. The van der Waals surface area contributed by atoms with Gasteiger partial charge in [0.15, 0.2) is 5.82 Å². The Labute approximate surface area is 198 Å². The van der Waals surface area contributed by atoms with Crippen LogP contribution in [0.5, 0.6) is 0 Å². The molecule has 1 N–H and O–H groups in total. The average molecular weight is 462 g/mol. The summed E-state index contributed by atoms with van der Waals surface area (Å²) in [6.45, 7) is 9.51. The van der Waals surface area contributed by atoms with Crippen molar-refractivity contribution >= 4 is 0 Å². The molecule has 0 amide bonds. The van der Waals surface area contributed by atoms with Crippen molar-refractivity contribution in [2.75, 3.05) is 0 Å². The highest BCUT2D eigenvalue weighted by Gasteiger charge is 2.19. The zero-order chi connectivity index (χ0) is 24.3. The Morgan fingerprint density at radius 3 is 2.32 bits per heavy atom. The van der Waals surface area contributed by atoms with Crippen LogP contribution in [-0.2, 0) is 19.5 Å². The van der Waals surface area contributed by atoms with Gasteiger partial charge in [0.2, 0.25) is 0 Å². The first kappa shape index (κ1) is 23.5. The molecule has 0 aliphatic heterocycles. The summed E-state index contributed by atoms with van der Waals surface area (Å²) in [6, 6.07) is 15.8. The third-order valence-electron chi connectivity index (χ3n) is 5.61. The molecule has 0 aliphatic rings. The number of aryl methyl sites for hydroxylation is 1. The second-order valence-corrected chi connectivity index (χ2v) is 9.79. The summed E-state index contributed by atoms with van der Waals surface area (Å²) in [6.07, 6.45) is 2.82. The topological polar surface area (TPSA) is 98.7 Å². The lowest BCUT2D eigenvalue weighted by molar-refractivity contribution is 0.317. The minimum atomic E-state index is -0.587. The molecule has 0 aliphatic carbocycles. The second-order valence-electron chi connectivity index (χ2n) is 9.79. The van der Waals surface area contributed by atoms with Gasteiger partial charge in [0, 0.05) is 12.0 Å². The lowest BCUT2D eigenvalue weighted by atomic mass is 9.97. The van der Waals surface area contributed by atoms with Crippen LogP contribution in [0.2, 0.25) is 0 Å². The van der Waals surface area contributed by atoms with Crippen molar-refractivity contribution in [2.24, 2.45) is 5.41 Å². The molecule has 4 rings (SSSR count). The number of aromatic amines is 1. The van der Waals surface area contributed by atoms with Crippen LogP contribution in [0, 0.1) is 5.41 Å². The quantitative estimate of drug-likeness (QED) is 0.417. The van der Waals surface area contributed by atoms with E-state index in [4.69, 9.17) is 0 Å². The molecule has 0 fully saturated rings. The van der Waals surface area contributed by atoms with Gasteiger partial charge in [-0.2, -0.15) is 5.10 Å². The van der Waals surface area contributed by atoms with Crippen molar-refractivity contribution < 1.29 is 4.52 Å². The molecule has 178 valence electrons. The Morgan fingerprint density at radius 1 is 1.00 bits per heavy atom. The first-order valence-corrected chi connectivity index (χ1v) is 11.7. The fraction of sp³-hybridized carbons (Fsp3) is 0.385. The standard InChI is InChI=1S/C26H31N5O3/c1-5-6-11-22-28-31(17-26(2,3)4)25(33)30(22)16-18-12-14-19(15-13-18)20-9-7-8-10-21(20)23-27-24(32)34-29-23/h7-10,12-15H,5-6,11,16-17H2,1-4H3,(H,27,29,32). The maximum atomic E-state index is 13.1. The van der Waals surface area contributed by atoms with E-state index in [1.807, 2.05) is 48.5 Å². The van der Waals surface area contributed by atoms with Gasteiger partial charge >= 0.3 is 11.4 Å². The van der Waals surface area contributed by atoms with Gasteiger partial charge in [-0.1, -0.05) is 87.8 Å². The van der Waals surface area contributed by atoms with E-state index >= 15 is 0 Å². The van der Waals surface area contributed by atoms with Crippen LogP contribution in [0.4, 0.5) is 0 Å². The molecule has 0 saturated carbocycles. The number of nitrogens with zero attached hydrogens (tertiary/aromatic N) is 4. The van der Waals surface area contributed by atoms with Crippen LogP contribution >= 0.6 is 0 Å². The molecule has 0 bridgehead atoms. The molecule has 0 spiro atoms. The lowest BCUT2D eigenvalue weighted by Gasteiger charge is -2.16. The van der Waals surface area contributed by atoms with Crippen molar-refractivity contribution in [1.29, 1.82) is 0 Å². The fourth-order valence-electron chi connectivity index (χ4n) is 3.98. The number of unbranched alkanes of at least 4 members (excludes halogenated alkanes) is 1. The minimum Gasteiger partial charge on any atom is -0.296 e. The number of nitrogens with one attached hydrogen (secondary N) is 1. The second kappa shape index (κ2) is 9.67. The number of rotatable bonds is 8. The summed E-state index contributed by atoms with van der Waals surface area (Å²) < 4.78 is 8.08. The minimum absolute atomic E-state index is 0.0335. The normalized spacial score (nSPS) is 11.8. The molecule has 8 nitrogen and oxygen atoms in total. The molecule has 8 heteroatoms. The number of hydrogen-bond donors (Lipinski definition) is 1. The number of hydrogen-bond acceptors (Lipinski definition) is 5. The summed E-state index contributed by atoms with van der Waals surface area (Å²) in [5.41, 5.74) is 3.61. The van der Waals surface area contributed by atoms with Gasteiger partial charge in [0.05, 0.1) is 13.1 Å². The molecule has 2 aromatic carbocycles. The Balaban J connectivity index is 1.63. The van der Waals surface area contributed by atoms with Gasteiger partial charge in [-0.05, 0) is 28.5 Å². The number of benzene rings is 2. The van der Waals surface area contributed by atoms with E-state index in [-0.39, 0.29) is 11.1 Å². The van der Waals surface area contributed by atoms with Crippen molar-refractivity contribution in [1.82, 2.24) is 24.5 Å². The van der Waals surface area contributed by atoms with Crippen LogP contribution in [0.1, 0.15) is 51.9 Å². The van der Waals surface area contributed by atoms with Crippen molar-refractivity contribution in [3.05, 3.63) is 81.0 Å². The van der Waals surface area contributed by atoms with Crippen LogP contribution in [0.3, 0.4) is 0 Å². The third-order valence-corrected chi connectivity index (χ3v) is 5.61. The zero-order valence-corrected chi connectivity index (χ0v) is 20.2. The van der Waals surface area contributed by atoms with Gasteiger partial charge in [-0.15, -0.1) is 0 Å². The van der Waals surface area contributed by atoms with Gasteiger partial charge in [0.25, 0.3) is 0 Å². The number of H-pyrrole nitrogens is 1. The van der Waals surface area contributed by atoms with Crippen LogP contribution in [0.25, 0.3) is 22.5 Å². The highest BCUT2D eigenvalue weighted by Crippen LogP contribution is 2.30. The maximum Gasteiger partial charge on any atom is 0.439 e. The first-order chi connectivity index (χ1) is 16.2. The molecule has 0 radical (unpaired) electrons. The maximum absolute atomic E-state index is 13.1. The molecular weight excluding hydrogens is 430 g/mol. The van der Waals surface area contributed by atoms with Crippen molar-refractivity contribution in [3.8, 4) is 22.5 Å². The van der Waals surface area contributed by atoms with E-state index in [9.17, 15) is 9.59 Å². The van der Waals surface area contributed by atoms with Gasteiger partial charge in [0.1, 0.15) is 5.82 Å². The summed E-state index contributed by atoms with van der Waals surface area (Å²) in [7, 11) is 0. The van der Waals surface area contributed by atoms with E-state index in [0.717, 1.165) is 47.3 Å². The first-order valence-electron chi connectivity index (χ1n) is 11.7. The average Bonchev–Trinajstić information content (AvgIpc) is 3.36.